The molecule has 0 unspecified atom stereocenters. The number of aryl methyl sites for hydroxylation is 1. The molecule has 0 amide bonds. The Morgan fingerprint density at radius 1 is 0.508 bits per heavy atom. The van der Waals surface area contributed by atoms with Gasteiger partial charge < -0.3 is 13.4 Å². The van der Waals surface area contributed by atoms with Crippen molar-refractivity contribution >= 4 is 82.6 Å². The van der Waals surface area contributed by atoms with Crippen molar-refractivity contribution in [3.8, 4) is 33.9 Å². The second kappa shape index (κ2) is 12.9. The van der Waals surface area contributed by atoms with Crippen LogP contribution in [-0.2, 0) is 6.42 Å². The van der Waals surface area contributed by atoms with Crippen molar-refractivity contribution < 1.29 is 8.83 Å². The van der Waals surface area contributed by atoms with Crippen molar-refractivity contribution in [3.63, 3.8) is 0 Å². The number of allylic oxidation sites excluding steroid dienone is 1. The molecule has 0 radical (unpaired) electrons. The molecule has 0 aliphatic carbocycles. The lowest BCUT2D eigenvalue weighted by Crippen LogP contribution is -1.99. The van der Waals surface area contributed by atoms with Gasteiger partial charge in [0.25, 0.3) is 0 Å². The largest absolute Gasteiger partial charge is 0.460 e. The van der Waals surface area contributed by atoms with E-state index in [-0.39, 0.29) is 0 Å². The topological polar surface area (TPSA) is 49.0 Å². The van der Waals surface area contributed by atoms with Crippen LogP contribution < -0.4 is 0 Å². The van der Waals surface area contributed by atoms with E-state index in [1.807, 2.05) is 12.1 Å². The smallest absolute Gasteiger partial charge is 0.138 e. The molecule has 280 valence electrons. The minimum atomic E-state index is 0.848. The van der Waals surface area contributed by atoms with E-state index in [0.717, 1.165) is 107 Å². The highest BCUT2D eigenvalue weighted by Crippen LogP contribution is 2.43. The van der Waals surface area contributed by atoms with Crippen LogP contribution in [0.3, 0.4) is 0 Å². The zero-order chi connectivity index (χ0) is 39.2. The number of hydrogen-bond donors (Lipinski definition) is 0. The number of pyridine rings is 1. The number of benzene rings is 7. The Labute approximate surface area is 339 Å². The lowest BCUT2D eigenvalue weighted by Gasteiger charge is -2.12. The SMILES string of the molecule is C/C=C\c1c(CC)oc2ccc(-c3cccc(-n4c5ccccc5c5c4ccc4c6ccccc6n(-c6cccc(-c7ccc8oc9ccccc9c8c7)n6)c45)c3)cc12. The molecule has 5 heterocycles. The first-order valence-corrected chi connectivity index (χ1v) is 20.3. The number of hydrogen-bond acceptors (Lipinski definition) is 3. The van der Waals surface area contributed by atoms with Crippen LogP contribution in [-0.4, -0.2) is 14.1 Å². The van der Waals surface area contributed by atoms with Crippen LogP contribution in [0.1, 0.15) is 25.2 Å². The van der Waals surface area contributed by atoms with Crippen molar-refractivity contribution in [2.45, 2.75) is 20.3 Å². The van der Waals surface area contributed by atoms with E-state index < -0.39 is 0 Å². The fourth-order valence-corrected chi connectivity index (χ4v) is 9.40. The van der Waals surface area contributed by atoms with Crippen LogP contribution in [0, 0.1) is 0 Å². The van der Waals surface area contributed by atoms with E-state index >= 15 is 0 Å². The number of rotatable bonds is 6. The van der Waals surface area contributed by atoms with Crippen LogP contribution in [0.4, 0.5) is 0 Å². The molecule has 0 saturated carbocycles. The zero-order valence-corrected chi connectivity index (χ0v) is 32.6. The Kier molecular flexibility index (Phi) is 7.35. The molecule has 5 aromatic heterocycles. The van der Waals surface area contributed by atoms with Crippen molar-refractivity contribution in [1.29, 1.82) is 0 Å². The van der Waals surface area contributed by atoms with Crippen LogP contribution in [0.2, 0.25) is 0 Å². The molecule has 0 bridgehead atoms. The van der Waals surface area contributed by atoms with Crippen LogP contribution in [0.15, 0.2) is 179 Å². The normalized spacial score (nSPS) is 12.2. The Morgan fingerprint density at radius 2 is 1.20 bits per heavy atom. The summed E-state index contributed by atoms with van der Waals surface area (Å²) in [7, 11) is 0. The van der Waals surface area contributed by atoms with Gasteiger partial charge >= 0.3 is 0 Å². The summed E-state index contributed by atoms with van der Waals surface area (Å²) in [4.78, 5) is 5.41. The summed E-state index contributed by atoms with van der Waals surface area (Å²) in [5, 5.41) is 8.12. The van der Waals surface area contributed by atoms with Gasteiger partial charge in [0.2, 0.25) is 0 Å². The maximum absolute atomic E-state index is 6.26. The molecule has 5 heteroatoms. The standard InChI is InChI=1S/C54H37N3O2/c1-3-13-38-42-31-34(24-28-50(42)58-48(38)4-2)33-14-11-15-36(30-33)56-46-21-9-6-18-41(46)53-47(56)27-26-40-37-16-5-8-20-45(37)57(54(40)53)52-23-12-19-44(55-52)35-25-29-51-43(32-35)39-17-7-10-22-49(39)59-51/h3,5-32H,4H2,1-2H3/b13-3-. The van der Waals surface area contributed by atoms with E-state index in [0.29, 0.717) is 0 Å². The molecular formula is C54H37N3O2. The van der Waals surface area contributed by atoms with E-state index in [9.17, 15) is 0 Å². The van der Waals surface area contributed by atoms with E-state index in [1.165, 1.54) is 21.5 Å². The Morgan fingerprint density at radius 3 is 2.05 bits per heavy atom. The average molecular weight is 760 g/mol. The minimum absolute atomic E-state index is 0.848. The molecule has 0 fully saturated rings. The fourth-order valence-electron chi connectivity index (χ4n) is 9.40. The van der Waals surface area contributed by atoms with Crippen LogP contribution in [0.25, 0.3) is 116 Å². The maximum atomic E-state index is 6.26. The highest BCUT2D eigenvalue weighted by Gasteiger charge is 2.22. The van der Waals surface area contributed by atoms with Gasteiger partial charge in [0.15, 0.2) is 0 Å². The van der Waals surface area contributed by atoms with Crippen molar-refractivity contribution in [2.75, 3.05) is 0 Å². The quantitative estimate of drug-likeness (QED) is 0.170. The molecule has 0 spiro atoms. The summed E-state index contributed by atoms with van der Waals surface area (Å²) < 4.78 is 17.2. The van der Waals surface area contributed by atoms with Gasteiger partial charge in [-0.1, -0.05) is 104 Å². The molecule has 0 saturated heterocycles. The summed E-state index contributed by atoms with van der Waals surface area (Å²) in [6, 6.07) is 58.5. The monoisotopic (exact) mass is 759 g/mol. The van der Waals surface area contributed by atoms with E-state index in [2.05, 4.69) is 187 Å². The molecule has 12 aromatic rings. The van der Waals surface area contributed by atoms with Gasteiger partial charge in [-0.15, -0.1) is 0 Å². The molecule has 59 heavy (non-hydrogen) atoms. The van der Waals surface area contributed by atoms with Gasteiger partial charge in [-0.3, -0.25) is 4.57 Å². The summed E-state index contributed by atoms with van der Waals surface area (Å²) in [5.74, 6) is 1.89. The fraction of sp³-hybridized carbons (Fsp3) is 0.0556. The van der Waals surface area contributed by atoms with Gasteiger partial charge in [-0.05, 0) is 96.9 Å². The average Bonchev–Trinajstić information content (AvgIpc) is 4.03. The van der Waals surface area contributed by atoms with E-state index in [4.69, 9.17) is 13.8 Å². The van der Waals surface area contributed by atoms with Crippen LogP contribution >= 0.6 is 0 Å². The predicted molar refractivity (Wildman–Crippen MR) is 245 cm³/mol. The Bertz CT molecular complexity index is 3680. The highest BCUT2D eigenvalue weighted by molar-refractivity contribution is 6.26. The first-order valence-electron chi connectivity index (χ1n) is 20.3. The molecule has 7 aromatic carbocycles. The Balaban J connectivity index is 1.07. The highest BCUT2D eigenvalue weighted by atomic mass is 16.3. The summed E-state index contributed by atoms with van der Waals surface area (Å²) in [6.45, 7) is 4.20. The zero-order valence-electron chi connectivity index (χ0n) is 32.6. The van der Waals surface area contributed by atoms with Gasteiger partial charge in [0.05, 0.1) is 27.8 Å². The molecule has 0 aliphatic heterocycles. The summed E-state index contributed by atoms with van der Waals surface area (Å²) in [5.41, 5.74) is 13.8. The third-order valence-corrected chi connectivity index (χ3v) is 12.0. The predicted octanol–water partition coefficient (Wildman–Crippen LogP) is 14.9. The molecule has 5 nitrogen and oxygen atoms in total. The van der Waals surface area contributed by atoms with Gasteiger partial charge in [0.1, 0.15) is 28.3 Å². The third kappa shape index (κ3) is 5.01. The lowest BCUT2D eigenvalue weighted by molar-refractivity contribution is 0.556. The maximum Gasteiger partial charge on any atom is 0.138 e. The number of furan rings is 2. The number of nitrogens with zero attached hydrogens (tertiary/aromatic N) is 3. The first-order chi connectivity index (χ1) is 29.2. The van der Waals surface area contributed by atoms with Gasteiger partial charge in [-0.25, -0.2) is 4.98 Å². The molecule has 0 atom stereocenters. The van der Waals surface area contributed by atoms with Crippen molar-refractivity contribution in [1.82, 2.24) is 14.1 Å². The van der Waals surface area contributed by atoms with Gasteiger partial charge in [-0.2, -0.15) is 0 Å². The minimum Gasteiger partial charge on any atom is -0.460 e. The molecule has 12 rings (SSSR count). The molecule has 0 N–H and O–H groups in total. The first kappa shape index (κ1) is 33.5. The molecule has 0 aliphatic rings. The lowest BCUT2D eigenvalue weighted by atomic mass is 10.0. The van der Waals surface area contributed by atoms with Crippen molar-refractivity contribution in [2.24, 2.45) is 0 Å². The van der Waals surface area contributed by atoms with Crippen LogP contribution in [0.5, 0.6) is 0 Å². The number of aromatic nitrogens is 3. The number of fused-ring (bicyclic) bond motifs is 11. The summed E-state index contributed by atoms with van der Waals surface area (Å²) >= 11 is 0. The number of para-hydroxylation sites is 3. The van der Waals surface area contributed by atoms with E-state index in [1.54, 1.807) is 0 Å². The second-order valence-electron chi connectivity index (χ2n) is 15.3. The summed E-state index contributed by atoms with van der Waals surface area (Å²) in [6.07, 6.45) is 5.10. The molecular weight excluding hydrogens is 723 g/mol. The third-order valence-electron chi connectivity index (χ3n) is 12.0. The Hall–Kier alpha value is -7.63. The van der Waals surface area contributed by atoms with Crippen molar-refractivity contribution in [3.05, 3.63) is 181 Å². The van der Waals surface area contributed by atoms with Gasteiger partial charge in [0, 0.05) is 60.9 Å². The second-order valence-corrected chi connectivity index (χ2v) is 15.3.